The van der Waals surface area contributed by atoms with E-state index in [1.807, 2.05) is 31.7 Å². The molecule has 18 heavy (non-hydrogen) atoms. The van der Waals surface area contributed by atoms with Gasteiger partial charge in [0.05, 0.1) is 12.2 Å². The van der Waals surface area contributed by atoms with Crippen molar-refractivity contribution in [2.24, 2.45) is 0 Å². The van der Waals surface area contributed by atoms with Crippen molar-refractivity contribution in [3.63, 3.8) is 0 Å². The average molecular weight is 264 g/mol. The highest BCUT2D eigenvalue weighted by atomic mass is 32.2. The summed E-state index contributed by atoms with van der Waals surface area (Å²) in [6, 6.07) is 8.50. The van der Waals surface area contributed by atoms with Gasteiger partial charge < -0.3 is 10.2 Å². The summed E-state index contributed by atoms with van der Waals surface area (Å²) >= 11 is 1.88. The molecular weight excluding hydrogens is 244 g/mol. The van der Waals surface area contributed by atoms with E-state index in [0.29, 0.717) is 11.8 Å². The first-order valence-corrected chi connectivity index (χ1v) is 7.24. The Labute approximate surface area is 113 Å². The van der Waals surface area contributed by atoms with Crippen LogP contribution in [0.1, 0.15) is 20.8 Å². The number of hydrogen-bond acceptors (Lipinski definition) is 3. The van der Waals surface area contributed by atoms with Crippen LogP contribution in [-0.2, 0) is 4.79 Å². The summed E-state index contributed by atoms with van der Waals surface area (Å²) in [5, 5.41) is 3.47. The van der Waals surface area contributed by atoms with Gasteiger partial charge in [0.15, 0.2) is 0 Å². The molecule has 1 N–H and O–H groups in total. The van der Waals surface area contributed by atoms with Gasteiger partial charge in [-0.2, -0.15) is 0 Å². The van der Waals surface area contributed by atoms with Gasteiger partial charge >= 0.3 is 0 Å². The van der Waals surface area contributed by atoms with E-state index < -0.39 is 0 Å². The molecule has 0 bridgehead atoms. The summed E-state index contributed by atoms with van der Waals surface area (Å²) in [6.45, 7) is 7.54. The van der Waals surface area contributed by atoms with E-state index >= 15 is 0 Å². The lowest BCUT2D eigenvalue weighted by molar-refractivity contribution is -0.120. The molecule has 1 aliphatic heterocycles. The summed E-state index contributed by atoms with van der Waals surface area (Å²) in [6.07, 6.45) is 0. The number of amides is 1. The molecule has 0 fully saturated rings. The Morgan fingerprint density at radius 2 is 2.22 bits per heavy atom. The fraction of sp³-hybridized carbons (Fsp3) is 0.500. The number of carbonyl (C=O) groups excluding carboxylic acids is 1. The molecule has 98 valence electrons. The van der Waals surface area contributed by atoms with Crippen LogP contribution in [0, 0.1) is 0 Å². The van der Waals surface area contributed by atoms with E-state index in [-0.39, 0.29) is 11.9 Å². The zero-order chi connectivity index (χ0) is 13.1. The second kappa shape index (κ2) is 5.65. The van der Waals surface area contributed by atoms with E-state index in [1.54, 1.807) is 0 Å². The van der Waals surface area contributed by atoms with Crippen LogP contribution in [0.4, 0.5) is 5.69 Å². The molecule has 1 aromatic carbocycles. The van der Waals surface area contributed by atoms with Crippen molar-refractivity contribution in [2.45, 2.75) is 37.0 Å². The Morgan fingerprint density at radius 3 is 2.94 bits per heavy atom. The topological polar surface area (TPSA) is 32.3 Å². The number of anilines is 1. The van der Waals surface area contributed by atoms with Crippen LogP contribution < -0.4 is 10.2 Å². The number of para-hydroxylation sites is 1. The highest BCUT2D eigenvalue weighted by Crippen LogP contribution is 2.37. The molecule has 0 aromatic heterocycles. The van der Waals surface area contributed by atoms with Gasteiger partial charge in [-0.25, -0.2) is 0 Å². The van der Waals surface area contributed by atoms with Crippen LogP contribution in [0.5, 0.6) is 0 Å². The first kappa shape index (κ1) is 13.3. The Kier molecular flexibility index (Phi) is 4.17. The predicted molar refractivity (Wildman–Crippen MR) is 77.3 cm³/mol. The predicted octanol–water partition coefficient (Wildman–Crippen LogP) is 2.51. The maximum Gasteiger partial charge on any atom is 0.239 e. The number of rotatable bonds is 3. The second-order valence-electron chi connectivity index (χ2n) is 5.00. The fourth-order valence-corrected chi connectivity index (χ4v) is 3.33. The average Bonchev–Trinajstić information content (AvgIpc) is 2.27. The normalized spacial score (nSPS) is 18.7. The number of fused-ring (bicyclic) bond motifs is 1. The monoisotopic (exact) mass is 264 g/mol. The van der Waals surface area contributed by atoms with Crippen molar-refractivity contribution >= 4 is 23.4 Å². The number of carbonyl (C=O) groups is 1. The lowest BCUT2D eigenvalue weighted by Gasteiger charge is -2.33. The maximum atomic E-state index is 11.9. The highest BCUT2D eigenvalue weighted by Gasteiger charge is 2.23. The van der Waals surface area contributed by atoms with Crippen molar-refractivity contribution in [3.8, 4) is 0 Å². The van der Waals surface area contributed by atoms with Gasteiger partial charge in [-0.05, 0) is 26.0 Å². The van der Waals surface area contributed by atoms with Gasteiger partial charge in [0.1, 0.15) is 0 Å². The molecule has 2 rings (SSSR count). The minimum Gasteiger partial charge on any atom is -0.360 e. The van der Waals surface area contributed by atoms with Crippen molar-refractivity contribution in [2.75, 3.05) is 18.0 Å². The summed E-state index contributed by atoms with van der Waals surface area (Å²) in [5.41, 5.74) is 1.18. The number of nitrogens with one attached hydrogen (secondary N) is 1. The Hall–Kier alpha value is -1.16. The fourth-order valence-electron chi connectivity index (χ4n) is 2.17. The van der Waals surface area contributed by atoms with Crippen molar-refractivity contribution in [1.29, 1.82) is 0 Å². The van der Waals surface area contributed by atoms with E-state index in [2.05, 4.69) is 35.3 Å². The minimum atomic E-state index is 0.0962. The van der Waals surface area contributed by atoms with Gasteiger partial charge in [-0.1, -0.05) is 19.1 Å². The van der Waals surface area contributed by atoms with Crippen LogP contribution in [0.15, 0.2) is 29.2 Å². The van der Waals surface area contributed by atoms with E-state index in [0.717, 1.165) is 6.54 Å². The SMILES string of the molecule is CC(C)NC(=O)CN1C[C@H](C)Sc2ccccc21. The van der Waals surface area contributed by atoms with E-state index in [1.165, 1.54) is 10.6 Å². The van der Waals surface area contributed by atoms with Gasteiger partial charge in [-0.15, -0.1) is 11.8 Å². The molecule has 3 nitrogen and oxygen atoms in total. The number of nitrogens with zero attached hydrogens (tertiary/aromatic N) is 1. The quantitative estimate of drug-likeness (QED) is 0.910. The molecule has 1 aliphatic rings. The van der Waals surface area contributed by atoms with Crippen LogP contribution in [0.2, 0.25) is 0 Å². The number of thioether (sulfide) groups is 1. The van der Waals surface area contributed by atoms with Crippen molar-refractivity contribution in [1.82, 2.24) is 5.32 Å². The zero-order valence-corrected chi connectivity index (χ0v) is 12.0. The third kappa shape index (κ3) is 3.19. The first-order chi connectivity index (χ1) is 8.56. The molecule has 1 amide bonds. The molecule has 0 radical (unpaired) electrons. The van der Waals surface area contributed by atoms with Gasteiger partial charge in [0.25, 0.3) is 0 Å². The smallest absolute Gasteiger partial charge is 0.239 e. The van der Waals surface area contributed by atoms with Gasteiger partial charge in [0.2, 0.25) is 5.91 Å². The van der Waals surface area contributed by atoms with Gasteiger partial charge in [-0.3, -0.25) is 4.79 Å². The molecular formula is C14H20N2OS. The second-order valence-corrected chi connectivity index (χ2v) is 6.48. The molecule has 0 aliphatic carbocycles. The molecule has 1 atom stereocenters. The third-order valence-electron chi connectivity index (χ3n) is 2.80. The Bertz CT molecular complexity index is 434. The van der Waals surface area contributed by atoms with Crippen LogP contribution >= 0.6 is 11.8 Å². The maximum absolute atomic E-state index is 11.9. The van der Waals surface area contributed by atoms with Crippen LogP contribution in [0.25, 0.3) is 0 Å². The molecule has 1 aromatic rings. The zero-order valence-electron chi connectivity index (χ0n) is 11.1. The molecule has 4 heteroatoms. The molecule has 0 spiro atoms. The van der Waals surface area contributed by atoms with E-state index in [4.69, 9.17) is 0 Å². The lowest BCUT2D eigenvalue weighted by Crippen LogP contribution is -2.43. The Balaban J connectivity index is 2.11. The standard InChI is InChI=1S/C14H20N2OS/c1-10(2)15-14(17)9-16-8-11(3)18-13-7-5-4-6-12(13)16/h4-7,10-11H,8-9H2,1-3H3,(H,15,17)/t11-/m0/s1. The summed E-state index contributed by atoms with van der Waals surface area (Å²) in [5.74, 6) is 0.0962. The largest absolute Gasteiger partial charge is 0.360 e. The molecule has 1 heterocycles. The number of hydrogen-bond donors (Lipinski definition) is 1. The summed E-state index contributed by atoms with van der Waals surface area (Å²) < 4.78 is 0. The van der Waals surface area contributed by atoms with Crippen LogP contribution in [0.3, 0.4) is 0 Å². The minimum absolute atomic E-state index is 0.0962. The van der Waals surface area contributed by atoms with Crippen molar-refractivity contribution in [3.05, 3.63) is 24.3 Å². The third-order valence-corrected chi connectivity index (χ3v) is 3.95. The Morgan fingerprint density at radius 1 is 1.50 bits per heavy atom. The van der Waals surface area contributed by atoms with Crippen molar-refractivity contribution < 1.29 is 4.79 Å². The number of benzene rings is 1. The van der Waals surface area contributed by atoms with Crippen LogP contribution in [-0.4, -0.2) is 30.3 Å². The summed E-state index contributed by atoms with van der Waals surface area (Å²) in [4.78, 5) is 15.3. The summed E-state index contributed by atoms with van der Waals surface area (Å²) in [7, 11) is 0. The lowest BCUT2D eigenvalue weighted by atomic mass is 10.2. The highest BCUT2D eigenvalue weighted by molar-refractivity contribution is 8.00. The first-order valence-electron chi connectivity index (χ1n) is 6.36. The molecule has 0 unspecified atom stereocenters. The molecule has 0 saturated carbocycles. The van der Waals surface area contributed by atoms with Gasteiger partial charge in [0, 0.05) is 22.7 Å². The molecule has 0 saturated heterocycles. The van der Waals surface area contributed by atoms with E-state index in [9.17, 15) is 4.79 Å².